The van der Waals surface area contributed by atoms with Crippen molar-refractivity contribution in [3.05, 3.63) is 24.0 Å². The maximum atomic E-state index is 5.21. The van der Waals surface area contributed by atoms with Gasteiger partial charge in [0, 0.05) is 13.7 Å². The first-order chi connectivity index (χ1) is 5.86. The molecule has 1 aromatic rings. The average Bonchev–Trinajstić information content (AvgIpc) is 2.15. The highest BCUT2D eigenvalue weighted by molar-refractivity contribution is 5.39. The highest BCUT2D eigenvalue weighted by Gasteiger charge is 1.93. The van der Waals surface area contributed by atoms with Crippen LogP contribution in [-0.4, -0.2) is 18.6 Å². The fourth-order valence-corrected chi connectivity index (χ4v) is 0.864. The van der Waals surface area contributed by atoms with E-state index in [9.17, 15) is 0 Å². The van der Waals surface area contributed by atoms with Gasteiger partial charge in [-0.3, -0.25) is 4.98 Å². The van der Waals surface area contributed by atoms with Gasteiger partial charge in [-0.2, -0.15) is 0 Å². The second-order valence-electron chi connectivity index (χ2n) is 2.43. The van der Waals surface area contributed by atoms with E-state index in [0.29, 0.717) is 6.61 Å². The van der Waals surface area contributed by atoms with Crippen molar-refractivity contribution in [1.29, 1.82) is 0 Å². The maximum Gasteiger partial charge on any atom is 0.0887 e. The lowest BCUT2D eigenvalue weighted by Gasteiger charge is -2.02. The molecule has 0 aliphatic carbocycles. The van der Waals surface area contributed by atoms with Crippen molar-refractivity contribution in [2.75, 3.05) is 19.0 Å². The van der Waals surface area contributed by atoms with Crippen LogP contribution in [0.25, 0.3) is 0 Å². The Morgan fingerprint density at radius 3 is 2.83 bits per heavy atom. The minimum absolute atomic E-state index is 0.598. The fourth-order valence-electron chi connectivity index (χ4n) is 0.864. The molecule has 3 heteroatoms. The Bertz CT molecular complexity index is 220. The number of pyridine rings is 1. The van der Waals surface area contributed by atoms with Crippen LogP contribution in [-0.2, 0) is 11.3 Å². The fraction of sp³-hybridized carbons (Fsp3) is 0.444. The normalized spacial score (nSPS) is 9.83. The van der Waals surface area contributed by atoms with Crippen molar-refractivity contribution in [3.63, 3.8) is 0 Å². The molecule has 0 aliphatic heterocycles. The van der Waals surface area contributed by atoms with Crippen LogP contribution in [0.1, 0.15) is 12.6 Å². The summed E-state index contributed by atoms with van der Waals surface area (Å²) in [5.74, 6) is 0. The van der Waals surface area contributed by atoms with Gasteiger partial charge in [0.2, 0.25) is 0 Å². The molecular formula is C9H14N2O. The molecule has 0 amide bonds. The Morgan fingerprint density at radius 2 is 2.33 bits per heavy atom. The van der Waals surface area contributed by atoms with Crippen LogP contribution < -0.4 is 5.32 Å². The molecule has 3 nitrogen and oxygen atoms in total. The summed E-state index contributed by atoms with van der Waals surface area (Å²) in [7, 11) is 1.87. The highest BCUT2D eigenvalue weighted by Crippen LogP contribution is 2.05. The topological polar surface area (TPSA) is 34.1 Å². The molecule has 12 heavy (non-hydrogen) atoms. The third-order valence-electron chi connectivity index (χ3n) is 1.57. The molecule has 1 N–H and O–H groups in total. The van der Waals surface area contributed by atoms with Crippen molar-refractivity contribution in [1.82, 2.24) is 4.98 Å². The minimum Gasteiger partial charge on any atom is -0.387 e. The van der Waals surface area contributed by atoms with E-state index in [1.165, 1.54) is 0 Å². The van der Waals surface area contributed by atoms with Gasteiger partial charge >= 0.3 is 0 Å². The van der Waals surface area contributed by atoms with E-state index in [2.05, 4.69) is 10.3 Å². The molecule has 0 fully saturated rings. The smallest absolute Gasteiger partial charge is 0.0887 e. The number of nitrogens with zero attached hydrogens (tertiary/aromatic N) is 1. The van der Waals surface area contributed by atoms with Crippen LogP contribution in [0, 0.1) is 0 Å². The van der Waals surface area contributed by atoms with Crippen molar-refractivity contribution < 1.29 is 4.74 Å². The van der Waals surface area contributed by atoms with Gasteiger partial charge in [-0.1, -0.05) is 0 Å². The zero-order chi connectivity index (χ0) is 8.81. The third-order valence-corrected chi connectivity index (χ3v) is 1.57. The molecule has 0 bridgehead atoms. The first-order valence-electron chi connectivity index (χ1n) is 4.07. The lowest BCUT2D eigenvalue weighted by Crippen LogP contribution is -1.96. The summed E-state index contributed by atoms with van der Waals surface area (Å²) in [5, 5.41) is 3.01. The molecule has 1 aromatic heterocycles. The SMILES string of the molecule is CCOCc1ccc(NC)cn1. The zero-order valence-electron chi connectivity index (χ0n) is 7.50. The molecule has 0 spiro atoms. The third kappa shape index (κ3) is 2.51. The Morgan fingerprint density at radius 1 is 1.50 bits per heavy atom. The van der Waals surface area contributed by atoms with Crippen LogP contribution in [0.3, 0.4) is 0 Å². The second kappa shape index (κ2) is 4.72. The quantitative estimate of drug-likeness (QED) is 0.738. The van der Waals surface area contributed by atoms with Gasteiger partial charge in [0.15, 0.2) is 0 Å². The summed E-state index contributed by atoms with van der Waals surface area (Å²) in [6.07, 6.45) is 1.80. The lowest BCUT2D eigenvalue weighted by atomic mass is 10.3. The van der Waals surface area contributed by atoms with E-state index < -0.39 is 0 Å². The summed E-state index contributed by atoms with van der Waals surface area (Å²) in [6.45, 7) is 3.30. The molecule has 0 saturated carbocycles. The minimum atomic E-state index is 0.598. The summed E-state index contributed by atoms with van der Waals surface area (Å²) in [4.78, 5) is 4.20. The van der Waals surface area contributed by atoms with Gasteiger partial charge in [-0.05, 0) is 19.1 Å². The molecule has 0 aliphatic rings. The Hall–Kier alpha value is -1.09. The van der Waals surface area contributed by atoms with Gasteiger partial charge in [0.05, 0.1) is 24.2 Å². The predicted octanol–water partition coefficient (Wildman–Crippen LogP) is 1.66. The molecule has 1 rings (SSSR count). The largest absolute Gasteiger partial charge is 0.387 e. The van der Waals surface area contributed by atoms with Gasteiger partial charge in [0.1, 0.15) is 0 Å². The van der Waals surface area contributed by atoms with Crippen molar-refractivity contribution in [2.45, 2.75) is 13.5 Å². The van der Waals surface area contributed by atoms with Crippen molar-refractivity contribution >= 4 is 5.69 Å². The van der Waals surface area contributed by atoms with E-state index in [1.807, 2.05) is 26.1 Å². The summed E-state index contributed by atoms with van der Waals surface area (Å²) in [6, 6.07) is 3.95. The molecule has 66 valence electrons. The lowest BCUT2D eigenvalue weighted by molar-refractivity contribution is 0.131. The second-order valence-corrected chi connectivity index (χ2v) is 2.43. The van der Waals surface area contributed by atoms with Crippen molar-refractivity contribution in [2.24, 2.45) is 0 Å². The first-order valence-corrected chi connectivity index (χ1v) is 4.07. The molecule has 0 saturated heterocycles. The highest BCUT2D eigenvalue weighted by atomic mass is 16.5. The number of hydrogen-bond donors (Lipinski definition) is 1. The zero-order valence-corrected chi connectivity index (χ0v) is 7.50. The van der Waals surface area contributed by atoms with E-state index >= 15 is 0 Å². The maximum absolute atomic E-state index is 5.21. The van der Waals surface area contributed by atoms with Crippen LogP contribution in [0.15, 0.2) is 18.3 Å². The van der Waals surface area contributed by atoms with Crippen LogP contribution in [0.4, 0.5) is 5.69 Å². The number of ether oxygens (including phenoxy) is 1. The monoisotopic (exact) mass is 166 g/mol. The van der Waals surface area contributed by atoms with E-state index in [0.717, 1.165) is 18.0 Å². The van der Waals surface area contributed by atoms with E-state index in [1.54, 1.807) is 6.20 Å². The summed E-state index contributed by atoms with van der Waals surface area (Å²) >= 11 is 0. The molecule has 0 unspecified atom stereocenters. The van der Waals surface area contributed by atoms with Gasteiger partial charge < -0.3 is 10.1 Å². The Labute approximate surface area is 72.8 Å². The number of aromatic nitrogens is 1. The van der Waals surface area contributed by atoms with Crippen molar-refractivity contribution in [3.8, 4) is 0 Å². The molecule has 1 heterocycles. The van der Waals surface area contributed by atoms with Gasteiger partial charge in [-0.25, -0.2) is 0 Å². The Kier molecular flexibility index (Phi) is 3.54. The standard InChI is InChI=1S/C9H14N2O/c1-3-12-7-9-5-4-8(10-2)6-11-9/h4-6,10H,3,7H2,1-2H3. The first kappa shape index (κ1) is 9.00. The summed E-state index contributed by atoms with van der Waals surface area (Å²) in [5.41, 5.74) is 1.99. The predicted molar refractivity (Wildman–Crippen MR) is 49.1 cm³/mol. The number of nitrogens with one attached hydrogen (secondary N) is 1. The number of rotatable bonds is 4. The molecule has 0 radical (unpaired) electrons. The van der Waals surface area contributed by atoms with E-state index in [4.69, 9.17) is 4.74 Å². The van der Waals surface area contributed by atoms with Crippen LogP contribution in [0.2, 0.25) is 0 Å². The van der Waals surface area contributed by atoms with Crippen LogP contribution in [0.5, 0.6) is 0 Å². The average molecular weight is 166 g/mol. The number of anilines is 1. The number of hydrogen-bond acceptors (Lipinski definition) is 3. The molecule has 0 aromatic carbocycles. The van der Waals surface area contributed by atoms with Crippen LogP contribution >= 0.6 is 0 Å². The van der Waals surface area contributed by atoms with E-state index in [-0.39, 0.29) is 0 Å². The Balaban J connectivity index is 2.53. The molecule has 0 atom stereocenters. The molecular weight excluding hydrogens is 152 g/mol. The summed E-state index contributed by atoms with van der Waals surface area (Å²) < 4.78 is 5.21. The van der Waals surface area contributed by atoms with Gasteiger partial charge in [0.25, 0.3) is 0 Å². The van der Waals surface area contributed by atoms with Gasteiger partial charge in [-0.15, -0.1) is 0 Å².